The SMILES string of the molecule is C#CC[C@@H](OC(=O)Cc1ccc(S(=O)(=O)C(F)F)cc1)C1CC1. The quantitative estimate of drug-likeness (QED) is 0.564. The third-order valence-electron chi connectivity index (χ3n) is 3.58. The smallest absolute Gasteiger partial charge is 0.341 e. The van der Waals surface area contributed by atoms with Crippen LogP contribution in [0.3, 0.4) is 0 Å². The van der Waals surface area contributed by atoms with E-state index in [1.807, 2.05) is 0 Å². The lowest BCUT2D eigenvalue weighted by Gasteiger charge is -2.14. The van der Waals surface area contributed by atoms with Crippen molar-refractivity contribution in [3.63, 3.8) is 0 Å². The van der Waals surface area contributed by atoms with Crippen LogP contribution in [0.5, 0.6) is 0 Å². The zero-order chi connectivity index (χ0) is 17.0. The number of benzene rings is 1. The lowest BCUT2D eigenvalue weighted by Crippen LogP contribution is -2.21. The van der Waals surface area contributed by atoms with Crippen molar-refractivity contribution < 1.29 is 26.7 Å². The van der Waals surface area contributed by atoms with E-state index in [0.717, 1.165) is 25.0 Å². The second-order valence-corrected chi connectivity index (χ2v) is 7.32. The van der Waals surface area contributed by atoms with E-state index >= 15 is 0 Å². The molecule has 124 valence electrons. The van der Waals surface area contributed by atoms with E-state index in [4.69, 9.17) is 11.2 Å². The Morgan fingerprint density at radius 2 is 1.91 bits per heavy atom. The predicted molar refractivity (Wildman–Crippen MR) is 79.4 cm³/mol. The van der Waals surface area contributed by atoms with E-state index in [2.05, 4.69) is 5.92 Å². The number of sulfone groups is 1. The molecule has 1 atom stereocenters. The molecule has 2 rings (SSSR count). The molecule has 0 aliphatic heterocycles. The molecular formula is C16H16F2O4S. The molecule has 0 spiro atoms. The number of ether oxygens (including phenoxy) is 1. The summed E-state index contributed by atoms with van der Waals surface area (Å²) in [6, 6.07) is 4.77. The molecule has 0 saturated heterocycles. The maximum absolute atomic E-state index is 12.4. The highest BCUT2D eigenvalue weighted by molar-refractivity contribution is 7.91. The highest BCUT2D eigenvalue weighted by atomic mass is 32.2. The van der Waals surface area contributed by atoms with Gasteiger partial charge in [0.25, 0.3) is 0 Å². The van der Waals surface area contributed by atoms with Crippen LogP contribution in [0.2, 0.25) is 0 Å². The standard InChI is InChI=1S/C16H16F2O4S/c1-2-3-14(12-6-7-12)22-15(19)10-11-4-8-13(9-5-11)23(20,21)16(17)18/h1,4-5,8-9,12,14,16H,3,6-7,10H2/t14-/m1/s1. The molecule has 0 unspecified atom stereocenters. The van der Waals surface area contributed by atoms with Crippen molar-refractivity contribution in [3.8, 4) is 12.3 Å². The van der Waals surface area contributed by atoms with Crippen molar-refractivity contribution >= 4 is 15.8 Å². The minimum atomic E-state index is -4.62. The van der Waals surface area contributed by atoms with E-state index in [1.165, 1.54) is 12.1 Å². The van der Waals surface area contributed by atoms with Gasteiger partial charge in [0.15, 0.2) is 0 Å². The van der Waals surface area contributed by atoms with Crippen LogP contribution in [0.4, 0.5) is 8.78 Å². The zero-order valence-electron chi connectivity index (χ0n) is 12.2. The summed E-state index contributed by atoms with van der Waals surface area (Å²) in [6.07, 6.45) is 7.23. The molecule has 0 heterocycles. The Labute approximate surface area is 133 Å². The summed E-state index contributed by atoms with van der Waals surface area (Å²) >= 11 is 0. The van der Waals surface area contributed by atoms with E-state index in [1.54, 1.807) is 0 Å². The number of halogens is 2. The Kier molecular flexibility index (Phi) is 5.37. The minimum Gasteiger partial charge on any atom is -0.461 e. The summed E-state index contributed by atoms with van der Waals surface area (Å²) in [5, 5.41) is 0. The Morgan fingerprint density at radius 1 is 1.30 bits per heavy atom. The number of carbonyl (C=O) groups excluding carboxylic acids is 1. The summed E-state index contributed by atoms with van der Waals surface area (Å²) in [7, 11) is -4.62. The number of rotatable bonds is 7. The van der Waals surface area contributed by atoms with Crippen molar-refractivity contribution in [2.75, 3.05) is 0 Å². The molecule has 1 fully saturated rings. The van der Waals surface area contributed by atoms with E-state index in [-0.39, 0.29) is 12.5 Å². The molecule has 0 amide bonds. The Bertz CT molecular complexity index is 701. The normalized spacial score (nSPS) is 15.9. The van der Waals surface area contributed by atoms with Gasteiger partial charge in [-0.25, -0.2) is 8.42 Å². The van der Waals surface area contributed by atoms with Crippen molar-refractivity contribution in [3.05, 3.63) is 29.8 Å². The number of carbonyl (C=O) groups is 1. The molecular weight excluding hydrogens is 326 g/mol. The van der Waals surface area contributed by atoms with E-state index < -0.39 is 26.5 Å². The third-order valence-corrected chi connectivity index (χ3v) is 4.98. The van der Waals surface area contributed by atoms with Gasteiger partial charge in [0.2, 0.25) is 9.84 Å². The summed E-state index contributed by atoms with van der Waals surface area (Å²) < 4.78 is 52.8. The Morgan fingerprint density at radius 3 is 2.39 bits per heavy atom. The van der Waals surface area contributed by atoms with Crippen LogP contribution in [0.25, 0.3) is 0 Å². The molecule has 7 heteroatoms. The van der Waals surface area contributed by atoms with E-state index in [0.29, 0.717) is 17.9 Å². The van der Waals surface area contributed by atoms with Crippen LogP contribution in [0.15, 0.2) is 29.2 Å². The summed E-state index contributed by atoms with van der Waals surface area (Å²) in [5.74, 6) is -1.15. The van der Waals surface area contributed by atoms with Crippen LogP contribution in [-0.4, -0.2) is 26.2 Å². The maximum Gasteiger partial charge on any atom is 0.341 e. The highest BCUT2D eigenvalue weighted by Crippen LogP contribution is 2.35. The van der Waals surface area contributed by atoms with Gasteiger partial charge in [-0.1, -0.05) is 12.1 Å². The lowest BCUT2D eigenvalue weighted by molar-refractivity contribution is -0.149. The van der Waals surface area contributed by atoms with Gasteiger partial charge in [-0.3, -0.25) is 4.79 Å². The summed E-state index contributed by atoms with van der Waals surface area (Å²) in [4.78, 5) is 11.4. The van der Waals surface area contributed by atoms with Gasteiger partial charge in [-0.2, -0.15) is 8.78 Å². The fourth-order valence-electron chi connectivity index (χ4n) is 2.17. The number of esters is 1. The first-order chi connectivity index (χ1) is 10.8. The van der Waals surface area contributed by atoms with Crippen molar-refractivity contribution in [1.29, 1.82) is 0 Å². The second kappa shape index (κ2) is 7.09. The molecule has 1 aromatic carbocycles. The average molecular weight is 342 g/mol. The topological polar surface area (TPSA) is 60.4 Å². The fraction of sp³-hybridized carbons (Fsp3) is 0.438. The van der Waals surface area contributed by atoms with Gasteiger partial charge in [-0.05, 0) is 36.5 Å². The van der Waals surface area contributed by atoms with Crippen LogP contribution < -0.4 is 0 Å². The van der Waals surface area contributed by atoms with Crippen molar-refractivity contribution in [1.82, 2.24) is 0 Å². The average Bonchev–Trinajstić information content (AvgIpc) is 3.31. The maximum atomic E-state index is 12.4. The summed E-state index contributed by atoms with van der Waals surface area (Å²) in [5.41, 5.74) is 0.485. The van der Waals surface area contributed by atoms with Gasteiger partial charge >= 0.3 is 11.7 Å². The van der Waals surface area contributed by atoms with Crippen molar-refractivity contribution in [2.24, 2.45) is 5.92 Å². The number of alkyl halides is 2. The molecule has 1 aromatic rings. The first kappa shape index (κ1) is 17.4. The fourth-order valence-corrected chi connectivity index (χ4v) is 2.89. The molecule has 1 saturated carbocycles. The molecule has 0 N–H and O–H groups in total. The van der Waals surface area contributed by atoms with E-state index in [9.17, 15) is 22.0 Å². The van der Waals surface area contributed by atoms with Crippen LogP contribution >= 0.6 is 0 Å². The monoisotopic (exact) mass is 342 g/mol. The second-order valence-electron chi connectivity index (χ2n) is 5.40. The molecule has 1 aliphatic rings. The molecule has 4 nitrogen and oxygen atoms in total. The molecule has 0 radical (unpaired) electrons. The van der Waals surface area contributed by atoms with Gasteiger partial charge < -0.3 is 4.74 Å². The van der Waals surface area contributed by atoms with Crippen LogP contribution in [-0.2, 0) is 25.8 Å². The van der Waals surface area contributed by atoms with Crippen molar-refractivity contribution in [2.45, 2.75) is 42.4 Å². The van der Waals surface area contributed by atoms with Crippen LogP contribution in [0.1, 0.15) is 24.8 Å². The lowest BCUT2D eigenvalue weighted by atomic mass is 10.1. The van der Waals surface area contributed by atoms with Gasteiger partial charge in [-0.15, -0.1) is 12.3 Å². The first-order valence-electron chi connectivity index (χ1n) is 7.08. The number of hydrogen-bond donors (Lipinski definition) is 0. The first-order valence-corrected chi connectivity index (χ1v) is 8.63. The Balaban J connectivity index is 1.98. The molecule has 1 aliphatic carbocycles. The van der Waals surface area contributed by atoms with Crippen LogP contribution in [0, 0.1) is 18.3 Å². The molecule has 0 bridgehead atoms. The predicted octanol–water partition coefficient (Wildman–Crippen LogP) is 2.57. The largest absolute Gasteiger partial charge is 0.461 e. The molecule has 0 aromatic heterocycles. The summed E-state index contributed by atoms with van der Waals surface area (Å²) in [6.45, 7) is 0. The number of terminal acetylenes is 1. The van der Waals surface area contributed by atoms with Gasteiger partial charge in [0.1, 0.15) is 6.10 Å². The number of hydrogen-bond acceptors (Lipinski definition) is 4. The Hall–Kier alpha value is -1.94. The minimum absolute atomic E-state index is 0.0667. The zero-order valence-corrected chi connectivity index (χ0v) is 13.1. The highest BCUT2D eigenvalue weighted by Gasteiger charge is 2.33. The van der Waals surface area contributed by atoms with Gasteiger partial charge in [0.05, 0.1) is 11.3 Å². The van der Waals surface area contributed by atoms with Gasteiger partial charge in [0, 0.05) is 6.42 Å². The molecule has 23 heavy (non-hydrogen) atoms. The third kappa shape index (κ3) is 4.52.